The van der Waals surface area contributed by atoms with Crippen molar-refractivity contribution in [2.24, 2.45) is 5.92 Å². The number of aromatic carboxylic acids is 1. The van der Waals surface area contributed by atoms with Gasteiger partial charge in [0.25, 0.3) is 0 Å². The van der Waals surface area contributed by atoms with Crippen molar-refractivity contribution in [3.63, 3.8) is 0 Å². The zero-order valence-corrected chi connectivity index (χ0v) is 17.8. The molecule has 3 aromatic rings. The van der Waals surface area contributed by atoms with Gasteiger partial charge >= 0.3 is 5.97 Å². The van der Waals surface area contributed by atoms with Gasteiger partial charge in [0, 0.05) is 19.0 Å². The number of pyridine rings is 1. The summed E-state index contributed by atoms with van der Waals surface area (Å²) in [6, 6.07) is 11.3. The van der Waals surface area contributed by atoms with E-state index in [-0.39, 0.29) is 11.6 Å². The highest BCUT2D eigenvalue weighted by Crippen LogP contribution is 2.43. The molecule has 2 aliphatic rings. The molecule has 0 radical (unpaired) electrons. The third-order valence-electron chi connectivity index (χ3n) is 6.92. The minimum absolute atomic E-state index is 0.0226. The lowest BCUT2D eigenvalue weighted by Crippen LogP contribution is -2.38. The standard InChI is InChI=1S/C24H27FN4O3/c25-18(14-30)15-9-11-28(12-10-15)20-13-19(24(31)32)26-23-21(20)22(16-5-4-6-16)27-29(23)17-7-2-1-3-8-17/h1-3,7-8,13,15-16,18,30H,4-6,9-12,14H2,(H,31,32). The smallest absolute Gasteiger partial charge is 0.354 e. The summed E-state index contributed by atoms with van der Waals surface area (Å²) in [5.74, 6) is -0.926. The predicted octanol–water partition coefficient (Wildman–Crippen LogP) is 3.93. The molecule has 8 heteroatoms. The van der Waals surface area contributed by atoms with Crippen LogP contribution < -0.4 is 4.90 Å². The van der Waals surface area contributed by atoms with E-state index in [0.717, 1.165) is 41.7 Å². The van der Waals surface area contributed by atoms with Crippen LogP contribution in [0.15, 0.2) is 36.4 Å². The summed E-state index contributed by atoms with van der Waals surface area (Å²) >= 11 is 0. The van der Waals surface area contributed by atoms with E-state index in [1.807, 2.05) is 30.3 Å². The number of piperidine rings is 1. The lowest BCUT2D eigenvalue weighted by Gasteiger charge is -2.35. The van der Waals surface area contributed by atoms with Gasteiger partial charge in [0.05, 0.1) is 29.1 Å². The monoisotopic (exact) mass is 438 g/mol. The maximum Gasteiger partial charge on any atom is 0.354 e. The van der Waals surface area contributed by atoms with Crippen LogP contribution in [0.3, 0.4) is 0 Å². The average molecular weight is 439 g/mol. The number of hydrogen-bond donors (Lipinski definition) is 2. The lowest BCUT2D eigenvalue weighted by atomic mass is 9.81. The summed E-state index contributed by atoms with van der Waals surface area (Å²) in [6.07, 6.45) is 3.28. The number of rotatable bonds is 6. The molecule has 168 valence electrons. The van der Waals surface area contributed by atoms with Gasteiger partial charge in [-0.1, -0.05) is 24.6 Å². The maximum atomic E-state index is 14.0. The minimum Gasteiger partial charge on any atom is -0.477 e. The van der Waals surface area contributed by atoms with Gasteiger partial charge in [-0.25, -0.2) is 18.9 Å². The SMILES string of the molecule is O=C(O)c1cc(N2CCC(C(F)CO)CC2)c2c(C3CCC3)nn(-c3ccccc3)c2n1. The molecule has 2 aromatic heterocycles. The van der Waals surface area contributed by atoms with Crippen molar-refractivity contribution in [1.82, 2.24) is 14.8 Å². The second-order valence-corrected chi connectivity index (χ2v) is 8.81. The predicted molar refractivity (Wildman–Crippen MR) is 119 cm³/mol. The zero-order chi connectivity index (χ0) is 22.2. The van der Waals surface area contributed by atoms with E-state index in [4.69, 9.17) is 5.10 Å². The molecule has 3 heterocycles. The highest BCUT2D eigenvalue weighted by molar-refractivity contribution is 5.98. The molecular formula is C24H27FN4O3. The Balaban J connectivity index is 1.65. The van der Waals surface area contributed by atoms with Crippen LogP contribution in [-0.4, -0.2) is 56.8 Å². The van der Waals surface area contributed by atoms with Crippen molar-refractivity contribution >= 4 is 22.7 Å². The van der Waals surface area contributed by atoms with Gasteiger partial charge in [0.2, 0.25) is 0 Å². The number of aliphatic hydroxyl groups is 1. The Morgan fingerprint density at radius 3 is 2.47 bits per heavy atom. The molecule has 0 amide bonds. The van der Waals surface area contributed by atoms with Crippen molar-refractivity contribution in [2.75, 3.05) is 24.6 Å². The number of aromatic nitrogens is 3. The van der Waals surface area contributed by atoms with Gasteiger partial charge in [-0.2, -0.15) is 5.10 Å². The van der Waals surface area contributed by atoms with Crippen LogP contribution in [0.4, 0.5) is 10.1 Å². The Bertz CT molecular complexity index is 1120. The Hall–Kier alpha value is -3.00. The van der Waals surface area contributed by atoms with Crippen molar-refractivity contribution in [1.29, 1.82) is 0 Å². The molecule has 5 rings (SSSR count). The number of fused-ring (bicyclic) bond motifs is 1. The molecule has 1 aliphatic carbocycles. The molecule has 0 spiro atoms. The van der Waals surface area contributed by atoms with Crippen molar-refractivity contribution in [3.8, 4) is 5.69 Å². The second kappa shape index (κ2) is 8.50. The number of carboxylic acids is 1. The van der Waals surface area contributed by atoms with E-state index in [0.29, 0.717) is 37.5 Å². The van der Waals surface area contributed by atoms with Crippen molar-refractivity contribution in [2.45, 2.75) is 44.2 Å². The molecule has 0 bridgehead atoms. The fourth-order valence-corrected chi connectivity index (χ4v) is 4.85. The van der Waals surface area contributed by atoms with E-state index >= 15 is 0 Å². The number of halogens is 1. The van der Waals surface area contributed by atoms with Gasteiger partial charge in [-0.05, 0) is 49.8 Å². The largest absolute Gasteiger partial charge is 0.477 e. The number of carbonyl (C=O) groups is 1. The number of anilines is 1. The van der Waals surface area contributed by atoms with Crippen LogP contribution >= 0.6 is 0 Å². The third-order valence-corrected chi connectivity index (χ3v) is 6.92. The fourth-order valence-electron chi connectivity index (χ4n) is 4.85. The summed E-state index contributed by atoms with van der Waals surface area (Å²) in [5.41, 5.74) is 3.15. The quantitative estimate of drug-likeness (QED) is 0.606. The van der Waals surface area contributed by atoms with Crippen molar-refractivity contribution in [3.05, 3.63) is 47.8 Å². The van der Waals surface area contributed by atoms with Crippen LogP contribution in [0.2, 0.25) is 0 Å². The molecule has 1 saturated carbocycles. The third kappa shape index (κ3) is 3.62. The zero-order valence-electron chi connectivity index (χ0n) is 17.8. The fraction of sp³-hybridized carbons (Fsp3) is 0.458. The summed E-state index contributed by atoms with van der Waals surface area (Å²) in [5, 5.41) is 24.8. The highest BCUT2D eigenvalue weighted by atomic mass is 19.1. The summed E-state index contributed by atoms with van der Waals surface area (Å²) in [6.45, 7) is 0.747. The minimum atomic E-state index is -1.21. The summed E-state index contributed by atoms with van der Waals surface area (Å²) in [7, 11) is 0. The van der Waals surface area contributed by atoms with E-state index in [9.17, 15) is 19.4 Å². The molecule has 2 fully saturated rings. The Kier molecular flexibility index (Phi) is 5.55. The molecule has 1 saturated heterocycles. The number of aliphatic hydroxyl groups excluding tert-OH is 1. The number of carboxylic acid groups (broad SMARTS) is 1. The van der Waals surface area contributed by atoms with E-state index in [1.165, 1.54) is 0 Å². The van der Waals surface area contributed by atoms with Gasteiger partial charge in [0.15, 0.2) is 11.3 Å². The Morgan fingerprint density at radius 1 is 1.16 bits per heavy atom. The van der Waals surface area contributed by atoms with Crippen LogP contribution in [0.25, 0.3) is 16.7 Å². The van der Waals surface area contributed by atoms with E-state index < -0.39 is 18.7 Å². The molecule has 1 aliphatic heterocycles. The van der Waals surface area contributed by atoms with Gasteiger partial charge in [-0.3, -0.25) is 0 Å². The van der Waals surface area contributed by atoms with E-state index in [2.05, 4.69) is 9.88 Å². The summed E-state index contributed by atoms with van der Waals surface area (Å²) < 4.78 is 15.8. The molecule has 1 atom stereocenters. The van der Waals surface area contributed by atoms with Crippen molar-refractivity contribution < 1.29 is 19.4 Å². The lowest BCUT2D eigenvalue weighted by molar-refractivity contribution is 0.0691. The van der Waals surface area contributed by atoms with Crippen LogP contribution in [-0.2, 0) is 0 Å². The maximum absolute atomic E-state index is 14.0. The Labute approximate surface area is 185 Å². The molecule has 1 unspecified atom stereocenters. The molecule has 7 nitrogen and oxygen atoms in total. The first-order valence-electron chi connectivity index (χ1n) is 11.3. The van der Waals surface area contributed by atoms with Gasteiger partial charge in [0.1, 0.15) is 6.17 Å². The normalized spacial score (nSPS) is 18.6. The number of alkyl halides is 1. The number of nitrogens with zero attached hydrogens (tertiary/aromatic N) is 4. The Morgan fingerprint density at radius 2 is 1.88 bits per heavy atom. The summed E-state index contributed by atoms with van der Waals surface area (Å²) in [4.78, 5) is 18.6. The molecular weight excluding hydrogens is 411 g/mol. The van der Waals surface area contributed by atoms with Gasteiger partial charge < -0.3 is 15.1 Å². The number of hydrogen-bond acceptors (Lipinski definition) is 5. The van der Waals surface area contributed by atoms with Crippen LogP contribution in [0, 0.1) is 5.92 Å². The topological polar surface area (TPSA) is 91.5 Å². The first-order chi connectivity index (χ1) is 15.6. The molecule has 1 aromatic carbocycles. The number of benzene rings is 1. The highest BCUT2D eigenvalue weighted by Gasteiger charge is 2.32. The second-order valence-electron chi connectivity index (χ2n) is 8.81. The van der Waals surface area contributed by atoms with Crippen LogP contribution in [0.1, 0.15) is 54.2 Å². The molecule has 2 N–H and O–H groups in total. The number of para-hydroxylation sites is 1. The average Bonchev–Trinajstić information content (AvgIpc) is 3.16. The first-order valence-corrected chi connectivity index (χ1v) is 11.3. The van der Waals surface area contributed by atoms with Crippen LogP contribution in [0.5, 0.6) is 0 Å². The van der Waals surface area contributed by atoms with E-state index in [1.54, 1.807) is 10.7 Å². The van der Waals surface area contributed by atoms with Gasteiger partial charge in [-0.15, -0.1) is 0 Å². The molecule has 32 heavy (non-hydrogen) atoms. The first kappa shape index (κ1) is 20.9.